The standard InChI is InChI=1S/C26H30N4O3/c1-17-6-5-15-29(16-17)24-23(19-7-9-20(10-8-19)27-18(2)31)25(32)30(26(24)33)22-13-11-21(12-14-22)28(3)4/h7-14,17H,5-6,15-16H2,1-4H3,(H,27,31). The minimum absolute atomic E-state index is 0.163. The molecule has 1 atom stereocenters. The first-order valence-electron chi connectivity index (χ1n) is 11.3. The molecule has 172 valence electrons. The third-order valence-corrected chi connectivity index (χ3v) is 6.15. The number of hydrogen-bond donors (Lipinski definition) is 1. The fourth-order valence-electron chi connectivity index (χ4n) is 4.52. The smallest absolute Gasteiger partial charge is 0.282 e. The van der Waals surface area contributed by atoms with Gasteiger partial charge in [-0.1, -0.05) is 19.1 Å². The topological polar surface area (TPSA) is 73.0 Å². The molecule has 2 aliphatic heterocycles. The Morgan fingerprint density at radius 3 is 2.24 bits per heavy atom. The molecule has 3 amide bonds. The van der Waals surface area contributed by atoms with E-state index in [1.807, 2.05) is 43.3 Å². The van der Waals surface area contributed by atoms with Gasteiger partial charge in [-0.3, -0.25) is 14.4 Å². The fraction of sp³-hybridized carbons (Fsp3) is 0.346. The van der Waals surface area contributed by atoms with Crippen LogP contribution in [0.5, 0.6) is 0 Å². The van der Waals surface area contributed by atoms with Crippen molar-refractivity contribution in [2.24, 2.45) is 5.92 Å². The van der Waals surface area contributed by atoms with Gasteiger partial charge in [-0.05, 0) is 60.7 Å². The predicted octanol–water partition coefficient (Wildman–Crippen LogP) is 3.73. The first-order valence-corrected chi connectivity index (χ1v) is 11.3. The molecule has 2 heterocycles. The van der Waals surface area contributed by atoms with Crippen molar-refractivity contribution in [3.63, 3.8) is 0 Å². The zero-order valence-electron chi connectivity index (χ0n) is 19.6. The Kier molecular flexibility index (Phi) is 6.22. The van der Waals surface area contributed by atoms with Crippen LogP contribution in [0.1, 0.15) is 32.3 Å². The predicted molar refractivity (Wildman–Crippen MR) is 131 cm³/mol. The third kappa shape index (κ3) is 4.49. The number of carbonyl (C=O) groups excluding carboxylic acids is 3. The monoisotopic (exact) mass is 446 g/mol. The molecule has 2 aromatic carbocycles. The van der Waals surface area contributed by atoms with Crippen LogP contribution in [0, 0.1) is 5.92 Å². The lowest BCUT2D eigenvalue weighted by atomic mass is 9.97. The summed E-state index contributed by atoms with van der Waals surface area (Å²) in [5, 5.41) is 2.74. The molecule has 33 heavy (non-hydrogen) atoms. The number of carbonyl (C=O) groups is 3. The summed E-state index contributed by atoms with van der Waals surface area (Å²) in [5.41, 5.74) is 3.75. The zero-order chi connectivity index (χ0) is 23.7. The minimum atomic E-state index is -0.321. The lowest BCUT2D eigenvalue weighted by Crippen LogP contribution is -2.39. The van der Waals surface area contributed by atoms with Crippen molar-refractivity contribution in [2.45, 2.75) is 26.7 Å². The molecule has 4 rings (SSSR count). The van der Waals surface area contributed by atoms with Gasteiger partial charge in [-0.2, -0.15) is 0 Å². The molecule has 1 N–H and O–H groups in total. The van der Waals surface area contributed by atoms with Crippen LogP contribution in [0.15, 0.2) is 54.2 Å². The summed E-state index contributed by atoms with van der Waals surface area (Å²) in [7, 11) is 3.89. The molecule has 0 radical (unpaired) electrons. The molecule has 7 heteroatoms. The summed E-state index contributed by atoms with van der Waals surface area (Å²) in [5.74, 6) is -0.318. The number of amides is 3. The van der Waals surface area contributed by atoms with E-state index >= 15 is 0 Å². The highest BCUT2D eigenvalue weighted by Crippen LogP contribution is 2.37. The number of rotatable bonds is 5. The van der Waals surface area contributed by atoms with Gasteiger partial charge in [0.1, 0.15) is 5.70 Å². The number of likely N-dealkylation sites (tertiary alicyclic amines) is 1. The summed E-state index contributed by atoms with van der Waals surface area (Å²) in [6.07, 6.45) is 2.10. The van der Waals surface area contributed by atoms with E-state index in [0.29, 0.717) is 34.1 Å². The highest BCUT2D eigenvalue weighted by atomic mass is 16.2. The first-order chi connectivity index (χ1) is 15.8. The average Bonchev–Trinajstić information content (AvgIpc) is 3.04. The van der Waals surface area contributed by atoms with Crippen LogP contribution < -0.4 is 15.1 Å². The van der Waals surface area contributed by atoms with Crippen LogP contribution in [0.25, 0.3) is 5.57 Å². The highest BCUT2D eigenvalue weighted by Gasteiger charge is 2.43. The second kappa shape index (κ2) is 9.10. The molecule has 0 bridgehead atoms. The van der Waals surface area contributed by atoms with E-state index < -0.39 is 0 Å². The molecule has 2 aromatic rings. The summed E-state index contributed by atoms with van der Waals surface area (Å²) >= 11 is 0. The lowest BCUT2D eigenvalue weighted by molar-refractivity contribution is -0.121. The Bertz CT molecular complexity index is 1100. The van der Waals surface area contributed by atoms with Crippen molar-refractivity contribution in [2.75, 3.05) is 42.3 Å². The van der Waals surface area contributed by atoms with Crippen LogP contribution in [-0.2, 0) is 14.4 Å². The second-order valence-corrected chi connectivity index (χ2v) is 9.03. The Labute approximate surface area is 194 Å². The maximum atomic E-state index is 13.7. The third-order valence-electron chi connectivity index (χ3n) is 6.15. The van der Waals surface area contributed by atoms with E-state index in [9.17, 15) is 14.4 Å². The van der Waals surface area contributed by atoms with Gasteiger partial charge in [-0.25, -0.2) is 4.90 Å². The van der Waals surface area contributed by atoms with Gasteiger partial charge in [0.15, 0.2) is 0 Å². The molecule has 2 aliphatic rings. The van der Waals surface area contributed by atoms with Crippen molar-refractivity contribution in [3.8, 4) is 0 Å². The summed E-state index contributed by atoms with van der Waals surface area (Å²) in [6, 6.07) is 14.5. The molecule has 7 nitrogen and oxygen atoms in total. The van der Waals surface area contributed by atoms with Crippen LogP contribution in [0.2, 0.25) is 0 Å². The Morgan fingerprint density at radius 2 is 1.67 bits per heavy atom. The quantitative estimate of drug-likeness (QED) is 0.709. The molecule has 1 fully saturated rings. The van der Waals surface area contributed by atoms with E-state index in [0.717, 1.165) is 31.6 Å². The van der Waals surface area contributed by atoms with Gasteiger partial charge in [0.25, 0.3) is 11.8 Å². The molecule has 0 spiro atoms. The van der Waals surface area contributed by atoms with Gasteiger partial charge >= 0.3 is 0 Å². The van der Waals surface area contributed by atoms with Gasteiger partial charge in [0, 0.05) is 45.5 Å². The fourth-order valence-corrected chi connectivity index (χ4v) is 4.52. The second-order valence-electron chi connectivity index (χ2n) is 9.03. The van der Waals surface area contributed by atoms with Gasteiger partial charge in [-0.15, -0.1) is 0 Å². The summed E-state index contributed by atoms with van der Waals surface area (Å²) in [6.45, 7) is 5.12. The molecule has 0 aromatic heterocycles. The first kappa shape index (κ1) is 22.6. The Balaban J connectivity index is 1.75. The number of imide groups is 1. The Hall–Kier alpha value is -3.61. The van der Waals surface area contributed by atoms with Crippen molar-refractivity contribution in [1.29, 1.82) is 0 Å². The van der Waals surface area contributed by atoms with Crippen molar-refractivity contribution in [3.05, 3.63) is 59.8 Å². The average molecular weight is 447 g/mol. The molecular formula is C26H30N4O3. The van der Waals surface area contributed by atoms with Gasteiger partial charge in [0.05, 0.1) is 11.3 Å². The number of anilines is 3. The normalized spacial score (nSPS) is 18.7. The molecule has 1 unspecified atom stereocenters. The zero-order valence-corrected chi connectivity index (χ0v) is 19.6. The molecule has 0 aliphatic carbocycles. The van der Waals surface area contributed by atoms with Crippen LogP contribution >= 0.6 is 0 Å². The largest absolute Gasteiger partial charge is 0.378 e. The van der Waals surface area contributed by atoms with Crippen LogP contribution in [0.4, 0.5) is 17.1 Å². The van der Waals surface area contributed by atoms with E-state index in [4.69, 9.17) is 0 Å². The number of nitrogens with one attached hydrogen (secondary N) is 1. The van der Waals surface area contributed by atoms with E-state index in [-0.39, 0.29) is 17.7 Å². The van der Waals surface area contributed by atoms with Crippen molar-refractivity contribution < 1.29 is 14.4 Å². The van der Waals surface area contributed by atoms with E-state index in [1.165, 1.54) is 11.8 Å². The van der Waals surface area contributed by atoms with E-state index in [1.54, 1.807) is 24.3 Å². The van der Waals surface area contributed by atoms with Crippen LogP contribution in [-0.4, -0.2) is 49.8 Å². The minimum Gasteiger partial charge on any atom is -0.378 e. The number of hydrogen-bond acceptors (Lipinski definition) is 5. The number of benzene rings is 2. The van der Waals surface area contributed by atoms with Crippen molar-refractivity contribution >= 4 is 40.4 Å². The summed E-state index contributed by atoms with van der Waals surface area (Å²) < 4.78 is 0. The maximum Gasteiger partial charge on any atom is 0.282 e. The molecule has 1 saturated heterocycles. The Morgan fingerprint density at radius 1 is 1.00 bits per heavy atom. The van der Waals surface area contributed by atoms with Crippen LogP contribution in [0.3, 0.4) is 0 Å². The molecular weight excluding hydrogens is 416 g/mol. The van der Waals surface area contributed by atoms with Gasteiger partial charge < -0.3 is 15.1 Å². The van der Waals surface area contributed by atoms with Gasteiger partial charge in [0.2, 0.25) is 5.91 Å². The lowest BCUT2D eigenvalue weighted by Gasteiger charge is -2.33. The van der Waals surface area contributed by atoms with Crippen molar-refractivity contribution in [1.82, 2.24) is 4.90 Å². The SMILES string of the molecule is CC(=O)Nc1ccc(C2=C(N3CCCC(C)C3)C(=O)N(c3ccc(N(C)C)cc3)C2=O)cc1. The highest BCUT2D eigenvalue weighted by molar-refractivity contribution is 6.45. The maximum absolute atomic E-state index is 13.7. The number of nitrogens with zero attached hydrogens (tertiary/aromatic N) is 3. The number of piperidine rings is 1. The molecule has 0 saturated carbocycles. The van der Waals surface area contributed by atoms with E-state index in [2.05, 4.69) is 17.1 Å². The summed E-state index contributed by atoms with van der Waals surface area (Å²) in [4.78, 5) is 44.0.